The molecule has 0 fully saturated rings. The van der Waals surface area contributed by atoms with E-state index in [1.165, 1.54) is 18.5 Å². The maximum atomic E-state index is 13.0. The lowest BCUT2D eigenvalue weighted by Gasteiger charge is -2.09. The van der Waals surface area contributed by atoms with Crippen LogP contribution in [0.2, 0.25) is 0 Å². The van der Waals surface area contributed by atoms with E-state index in [0.717, 1.165) is 22.5 Å². The molecular formula is C27H30F2N6O3. The number of aromatic nitrogens is 6. The van der Waals surface area contributed by atoms with Crippen molar-refractivity contribution in [2.75, 3.05) is 20.3 Å². The fraction of sp³-hybridized carbons (Fsp3) is 0.370. The minimum Gasteiger partial charge on any atom is -0.462 e. The van der Waals surface area contributed by atoms with E-state index in [1.807, 2.05) is 17.7 Å². The third kappa shape index (κ3) is 5.47. The lowest BCUT2D eigenvalue weighted by atomic mass is 10.0. The first kappa shape index (κ1) is 27.1. The van der Waals surface area contributed by atoms with Crippen LogP contribution in [0.5, 0.6) is 0 Å². The van der Waals surface area contributed by atoms with Crippen molar-refractivity contribution in [1.29, 1.82) is 0 Å². The summed E-state index contributed by atoms with van der Waals surface area (Å²) in [5.74, 6) is 0.101. The number of nitrogens with zero attached hydrogens (tertiary/aromatic N) is 6. The molecule has 0 atom stereocenters. The fourth-order valence-corrected chi connectivity index (χ4v) is 4.37. The number of carbonyl (C=O) groups excluding carboxylic acids is 1. The number of hydrogen-bond donors (Lipinski definition) is 0. The van der Waals surface area contributed by atoms with Gasteiger partial charge >= 0.3 is 5.97 Å². The average molecular weight is 525 g/mol. The topological polar surface area (TPSA) is 97.0 Å². The van der Waals surface area contributed by atoms with Crippen molar-refractivity contribution >= 4 is 5.97 Å². The second-order valence-electron chi connectivity index (χ2n) is 8.78. The molecule has 0 aliphatic rings. The lowest BCUT2D eigenvalue weighted by molar-refractivity contribution is 0.0524. The Morgan fingerprint density at radius 1 is 1.08 bits per heavy atom. The molecule has 0 aliphatic heterocycles. The molecular weight excluding hydrogens is 494 g/mol. The molecule has 0 saturated heterocycles. The van der Waals surface area contributed by atoms with Gasteiger partial charge in [0.25, 0.3) is 6.43 Å². The second-order valence-corrected chi connectivity index (χ2v) is 8.78. The molecule has 3 heterocycles. The largest absolute Gasteiger partial charge is 0.462 e. The van der Waals surface area contributed by atoms with Gasteiger partial charge in [-0.3, -0.25) is 4.68 Å². The minimum absolute atomic E-state index is 0.0331. The first-order valence-electron chi connectivity index (χ1n) is 12.2. The summed E-state index contributed by atoms with van der Waals surface area (Å²) in [6.45, 7) is 8.50. The molecule has 11 heteroatoms. The zero-order valence-corrected chi connectivity index (χ0v) is 22.0. The number of alkyl halides is 2. The molecule has 4 rings (SSSR count). The number of carbonyl (C=O) groups is 1. The van der Waals surface area contributed by atoms with Gasteiger partial charge in [0.2, 0.25) is 0 Å². The van der Waals surface area contributed by atoms with Crippen molar-refractivity contribution in [1.82, 2.24) is 29.5 Å². The van der Waals surface area contributed by atoms with E-state index in [1.54, 1.807) is 44.7 Å². The highest BCUT2D eigenvalue weighted by atomic mass is 19.3. The molecule has 4 aromatic rings. The predicted octanol–water partition coefficient (Wildman–Crippen LogP) is 4.80. The van der Waals surface area contributed by atoms with Gasteiger partial charge in [-0.2, -0.15) is 10.2 Å². The normalized spacial score (nSPS) is 11.4. The Kier molecular flexibility index (Phi) is 8.26. The third-order valence-corrected chi connectivity index (χ3v) is 6.31. The minimum atomic E-state index is -2.53. The van der Waals surface area contributed by atoms with Crippen molar-refractivity contribution in [3.63, 3.8) is 0 Å². The summed E-state index contributed by atoms with van der Waals surface area (Å²) in [6.07, 6.45) is -0.625. The van der Waals surface area contributed by atoms with Crippen molar-refractivity contribution in [3.8, 4) is 17.1 Å². The summed E-state index contributed by atoms with van der Waals surface area (Å²) in [4.78, 5) is 21.2. The van der Waals surface area contributed by atoms with Crippen LogP contribution in [0.15, 0.2) is 36.7 Å². The Labute approximate surface area is 219 Å². The number of ether oxygens (including phenoxy) is 2. The van der Waals surface area contributed by atoms with Gasteiger partial charge in [-0.25, -0.2) is 28.2 Å². The molecule has 0 aliphatic carbocycles. The van der Waals surface area contributed by atoms with Crippen molar-refractivity contribution in [2.24, 2.45) is 0 Å². The Morgan fingerprint density at radius 3 is 2.47 bits per heavy atom. The third-order valence-electron chi connectivity index (χ3n) is 6.31. The summed E-state index contributed by atoms with van der Waals surface area (Å²) in [5, 5.41) is 9.28. The molecule has 0 radical (unpaired) electrons. The highest BCUT2D eigenvalue weighted by Crippen LogP contribution is 2.29. The van der Waals surface area contributed by atoms with Gasteiger partial charge in [0, 0.05) is 36.4 Å². The Hall–Kier alpha value is -3.99. The van der Waals surface area contributed by atoms with Crippen LogP contribution in [-0.2, 0) is 22.4 Å². The molecule has 9 nitrogen and oxygen atoms in total. The number of methoxy groups -OCH3 is 1. The van der Waals surface area contributed by atoms with Crippen molar-refractivity contribution < 1.29 is 23.0 Å². The second kappa shape index (κ2) is 11.6. The van der Waals surface area contributed by atoms with Gasteiger partial charge in [0.15, 0.2) is 5.82 Å². The molecule has 0 unspecified atom stereocenters. The number of benzene rings is 1. The van der Waals surface area contributed by atoms with Crippen LogP contribution in [-0.4, -0.2) is 55.8 Å². The van der Waals surface area contributed by atoms with E-state index in [4.69, 9.17) is 14.6 Å². The summed E-state index contributed by atoms with van der Waals surface area (Å²) >= 11 is 0. The molecule has 0 saturated carbocycles. The number of hydrogen-bond acceptors (Lipinski definition) is 7. The van der Waals surface area contributed by atoms with Crippen LogP contribution < -0.4 is 0 Å². The maximum Gasteiger partial charge on any atom is 0.341 e. The fourth-order valence-electron chi connectivity index (χ4n) is 4.37. The van der Waals surface area contributed by atoms with E-state index in [-0.39, 0.29) is 12.2 Å². The highest BCUT2D eigenvalue weighted by Gasteiger charge is 2.22. The summed E-state index contributed by atoms with van der Waals surface area (Å²) in [7, 11) is 1.62. The summed E-state index contributed by atoms with van der Waals surface area (Å²) < 4.78 is 40.0. The summed E-state index contributed by atoms with van der Waals surface area (Å²) in [5.41, 5.74) is 5.59. The lowest BCUT2D eigenvalue weighted by Crippen LogP contribution is -2.12. The first-order valence-corrected chi connectivity index (χ1v) is 12.2. The van der Waals surface area contributed by atoms with E-state index < -0.39 is 12.4 Å². The molecule has 0 spiro atoms. The Balaban J connectivity index is 1.69. The zero-order chi connectivity index (χ0) is 27.4. The quantitative estimate of drug-likeness (QED) is 0.275. The molecule has 38 heavy (non-hydrogen) atoms. The van der Waals surface area contributed by atoms with Crippen LogP contribution in [0.3, 0.4) is 0 Å². The predicted molar refractivity (Wildman–Crippen MR) is 137 cm³/mol. The number of aryl methyl sites for hydroxylation is 1. The van der Waals surface area contributed by atoms with Crippen molar-refractivity contribution in [3.05, 3.63) is 76.1 Å². The van der Waals surface area contributed by atoms with E-state index in [0.29, 0.717) is 48.0 Å². The van der Waals surface area contributed by atoms with Gasteiger partial charge in [-0.15, -0.1) is 0 Å². The Bertz CT molecular complexity index is 1430. The van der Waals surface area contributed by atoms with Crippen molar-refractivity contribution in [2.45, 2.75) is 47.1 Å². The maximum absolute atomic E-state index is 13.0. The standard InChI is InChI=1S/C27H30F2N6O3/c1-6-38-27(36)24-17(3)32-35(18(24)4)23-14-21(30-15-31-23)13-22-16(2)25(33-34(22)11-12-37-5)19-7-9-20(10-8-19)26(28)29/h7-10,14-15,26H,6,11-13H2,1-5H3. The monoisotopic (exact) mass is 524 g/mol. The number of halogens is 2. The highest BCUT2D eigenvalue weighted by molar-refractivity contribution is 5.92. The average Bonchev–Trinajstić information content (AvgIpc) is 3.38. The molecule has 0 bridgehead atoms. The van der Waals surface area contributed by atoms with E-state index >= 15 is 0 Å². The van der Waals surface area contributed by atoms with Gasteiger partial charge in [-0.05, 0) is 33.3 Å². The van der Waals surface area contributed by atoms with Gasteiger partial charge in [0.05, 0.1) is 42.5 Å². The van der Waals surface area contributed by atoms with Crippen LogP contribution in [0.4, 0.5) is 8.78 Å². The molecule has 1 aromatic carbocycles. The van der Waals surface area contributed by atoms with E-state index in [9.17, 15) is 13.6 Å². The molecule has 0 N–H and O–H groups in total. The Morgan fingerprint density at radius 2 is 1.82 bits per heavy atom. The van der Waals surface area contributed by atoms with Crippen LogP contribution in [0.25, 0.3) is 17.1 Å². The van der Waals surface area contributed by atoms with Crippen LogP contribution in [0.1, 0.15) is 57.6 Å². The number of rotatable bonds is 10. The smallest absolute Gasteiger partial charge is 0.341 e. The van der Waals surface area contributed by atoms with Gasteiger partial charge in [-0.1, -0.05) is 24.3 Å². The SMILES string of the molecule is CCOC(=O)c1c(C)nn(-c2cc(Cc3c(C)c(-c4ccc(C(F)F)cc4)nn3CCOC)ncn2)c1C. The first-order chi connectivity index (χ1) is 18.2. The zero-order valence-electron chi connectivity index (χ0n) is 22.0. The van der Waals surface area contributed by atoms with Gasteiger partial charge in [0.1, 0.15) is 11.9 Å². The molecule has 0 amide bonds. The number of esters is 1. The molecule has 200 valence electrons. The summed E-state index contributed by atoms with van der Waals surface area (Å²) in [6, 6.07) is 7.98. The molecule has 3 aromatic heterocycles. The van der Waals surface area contributed by atoms with Crippen LogP contribution >= 0.6 is 0 Å². The van der Waals surface area contributed by atoms with E-state index in [2.05, 4.69) is 15.1 Å². The van der Waals surface area contributed by atoms with Crippen LogP contribution in [0, 0.1) is 20.8 Å². The van der Waals surface area contributed by atoms with Gasteiger partial charge < -0.3 is 9.47 Å².